The smallest absolute Gasteiger partial charge is 0.278 e. The maximum atomic E-state index is 12.7. The lowest BCUT2D eigenvalue weighted by atomic mass is 10.1. The molecule has 0 atom stereocenters. The normalized spacial score (nSPS) is 11.5. The number of imidazole rings is 1. The van der Waals surface area contributed by atoms with Crippen molar-refractivity contribution in [3.63, 3.8) is 0 Å². The largest absolute Gasteiger partial charge is 0.332 e. The molecule has 0 aliphatic rings. The van der Waals surface area contributed by atoms with Crippen LogP contribution in [0, 0.1) is 13.8 Å². The Hall–Kier alpha value is -3.95. The van der Waals surface area contributed by atoms with E-state index in [2.05, 4.69) is 19.8 Å². The van der Waals surface area contributed by atoms with E-state index in [4.69, 9.17) is 16.1 Å². The molecule has 36 heavy (non-hydrogen) atoms. The van der Waals surface area contributed by atoms with Gasteiger partial charge in [0.2, 0.25) is 5.82 Å². The van der Waals surface area contributed by atoms with Crippen molar-refractivity contribution in [2.24, 2.45) is 0 Å². The molecule has 0 fully saturated rings. The number of anilines is 1. The van der Waals surface area contributed by atoms with E-state index >= 15 is 0 Å². The van der Waals surface area contributed by atoms with Crippen molar-refractivity contribution in [2.75, 3.05) is 4.72 Å². The molecule has 5 rings (SSSR count). The van der Waals surface area contributed by atoms with Crippen molar-refractivity contribution in [1.82, 2.24) is 19.7 Å². The van der Waals surface area contributed by atoms with E-state index in [1.807, 2.05) is 61.0 Å². The average molecular weight is 520 g/mol. The van der Waals surface area contributed by atoms with Gasteiger partial charge in [0.25, 0.3) is 15.9 Å². The highest BCUT2D eigenvalue weighted by molar-refractivity contribution is 7.92. The topological polar surface area (TPSA) is 103 Å². The number of rotatable bonds is 7. The number of halogens is 1. The van der Waals surface area contributed by atoms with E-state index in [0.717, 1.165) is 22.3 Å². The fourth-order valence-corrected chi connectivity index (χ4v) is 4.96. The molecule has 0 radical (unpaired) electrons. The lowest BCUT2D eigenvalue weighted by molar-refractivity contribution is 0.431. The van der Waals surface area contributed by atoms with Gasteiger partial charge in [-0.15, -0.1) is 0 Å². The van der Waals surface area contributed by atoms with Crippen LogP contribution >= 0.6 is 11.6 Å². The van der Waals surface area contributed by atoms with Gasteiger partial charge in [0, 0.05) is 29.0 Å². The van der Waals surface area contributed by atoms with Crippen molar-refractivity contribution in [1.29, 1.82) is 0 Å². The number of sulfonamides is 1. The van der Waals surface area contributed by atoms with E-state index in [9.17, 15) is 8.42 Å². The van der Waals surface area contributed by atoms with Gasteiger partial charge in [0.15, 0.2) is 0 Å². The predicted octanol–water partition coefficient (Wildman–Crippen LogP) is 5.72. The number of hydrogen-bond donors (Lipinski definition) is 1. The minimum atomic E-state index is -3.75. The number of nitrogens with zero attached hydrogens (tertiary/aromatic N) is 4. The molecule has 10 heteroatoms. The maximum absolute atomic E-state index is 12.7. The maximum Gasteiger partial charge on any atom is 0.278 e. The van der Waals surface area contributed by atoms with Crippen LogP contribution in [0.1, 0.15) is 16.7 Å². The molecule has 0 bridgehead atoms. The Bertz CT molecular complexity index is 1640. The summed E-state index contributed by atoms with van der Waals surface area (Å²) in [5.74, 6) is 0.848. The lowest BCUT2D eigenvalue weighted by Crippen LogP contribution is -2.13. The Kier molecular flexibility index (Phi) is 6.34. The third-order valence-electron chi connectivity index (χ3n) is 5.58. The summed E-state index contributed by atoms with van der Waals surface area (Å²) in [6, 6.07) is 19.7. The molecule has 0 amide bonds. The van der Waals surface area contributed by atoms with Crippen LogP contribution in [0.3, 0.4) is 0 Å². The van der Waals surface area contributed by atoms with Crippen molar-refractivity contribution >= 4 is 27.3 Å². The molecule has 5 aromatic rings. The van der Waals surface area contributed by atoms with Crippen molar-refractivity contribution < 1.29 is 12.9 Å². The summed E-state index contributed by atoms with van der Waals surface area (Å²) in [7, 11) is -3.75. The first-order chi connectivity index (χ1) is 17.3. The monoisotopic (exact) mass is 519 g/mol. The number of hydrogen-bond acceptors (Lipinski definition) is 6. The highest BCUT2D eigenvalue weighted by Gasteiger charge is 2.16. The number of aryl methyl sites for hydroxylation is 2. The molecular formula is C26H22ClN5O3S. The molecule has 3 aromatic carbocycles. The SMILES string of the molecule is Cc1cccc(-c2noc(-c3cn(Cc4ccc(NS(=O)(=O)c5ccc(C)c(Cl)c5)cc4)cn3)n2)c1. The minimum Gasteiger partial charge on any atom is -0.332 e. The van der Waals surface area contributed by atoms with Gasteiger partial charge >= 0.3 is 0 Å². The first kappa shape index (κ1) is 23.8. The summed E-state index contributed by atoms with van der Waals surface area (Å²) in [6.45, 7) is 4.36. The van der Waals surface area contributed by atoms with E-state index in [1.54, 1.807) is 24.5 Å². The molecule has 8 nitrogen and oxygen atoms in total. The first-order valence-electron chi connectivity index (χ1n) is 11.1. The van der Waals surface area contributed by atoms with Crippen LogP contribution in [-0.4, -0.2) is 28.1 Å². The summed E-state index contributed by atoms with van der Waals surface area (Å²) in [4.78, 5) is 8.96. The van der Waals surface area contributed by atoms with Gasteiger partial charge in [0.05, 0.1) is 11.2 Å². The molecule has 182 valence electrons. The van der Waals surface area contributed by atoms with Gasteiger partial charge < -0.3 is 9.09 Å². The zero-order valence-corrected chi connectivity index (χ0v) is 21.1. The summed E-state index contributed by atoms with van der Waals surface area (Å²) >= 11 is 6.08. The predicted molar refractivity (Wildman–Crippen MR) is 138 cm³/mol. The summed E-state index contributed by atoms with van der Waals surface area (Å²) < 4.78 is 35.3. The molecular weight excluding hydrogens is 498 g/mol. The average Bonchev–Trinajstić information content (AvgIpc) is 3.52. The zero-order chi connectivity index (χ0) is 25.3. The summed E-state index contributed by atoms with van der Waals surface area (Å²) in [5.41, 5.74) is 4.80. The van der Waals surface area contributed by atoms with Crippen molar-refractivity contribution in [3.05, 3.63) is 101 Å². The van der Waals surface area contributed by atoms with Crippen LogP contribution < -0.4 is 4.72 Å². The van der Waals surface area contributed by atoms with Crippen LogP contribution in [0.5, 0.6) is 0 Å². The van der Waals surface area contributed by atoms with Gasteiger partial charge in [-0.2, -0.15) is 4.98 Å². The lowest BCUT2D eigenvalue weighted by Gasteiger charge is -2.10. The molecule has 0 saturated carbocycles. The second kappa shape index (κ2) is 9.60. The fraction of sp³-hybridized carbons (Fsp3) is 0.115. The number of nitrogens with one attached hydrogen (secondary N) is 1. The number of benzene rings is 3. The van der Waals surface area contributed by atoms with E-state index in [0.29, 0.717) is 34.7 Å². The van der Waals surface area contributed by atoms with Gasteiger partial charge in [-0.25, -0.2) is 13.4 Å². The van der Waals surface area contributed by atoms with E-state index in [1.165, 1.54) is 12.1 Å². The van der Waals surface area contributed by atoms with E-state index < -0.39 is 10.0 Å². The van der Waals surface area contributed by atoms with Crippen LogP contribution in [0.2, 0.25) is 5.02 Å². The summed E-state index contributed by atoms with van der Waals surface area (Å²) in [6.07, 6.45) is 3.51. The molecule has 0 unspecified atom stereocenters. The standard InChI is InChI=1S/C26H22ClN5O3S/c1-17-4-3-5-20(12-17)25-29-26(35-30-25)24-15-32(16-28-24)14-19-7-9-21(10-8-19)31-36(33,34)22-11-6-18(2)23(27)13-22/h3-13,15-16,31H,14H2,1-2H3. The second-order valence-electron chi connectivity index (χ2n) is 8.44. The van der Waals surface area contributed by atoms with Crippen LogP contribution in [-0.2, 0) is 16.6 Å². The highest BCUT2D eigenvalue weighted by Crippen LogP contribution is 2.24. The Morgan fingerprint density at radius 3 is 2.58 bits per heavy atom. The second-order valence-corrected chi connectivity index (χ2v) is 10.5. The summed E-state index contributed by atoms with van der Waals surface area (Å²) in [5, 5.41) is 4.47. The van der Waals surface area contributed by atoms with Crippen molar-refractivity contribution in [2.45, 2.75) is 25.3 Å². The van der Waals surface area contributed by atoms with Crippen LogP contribution in [0.25, 0.3) is 23.0 Å². The van der Waals surface area contributed by atoms with Crippen molar-refractivity contribution in [3.8, 4) is 23.0 Å². The van der Waals surface area contributed by atoms with Gasteiger partial charge in [-0.1, -0.05) is 58.7 Å². The van der Waals surface area contributed by atoms with Crippen LogP contribution in [0.15, 0.2) is 88.7 Å². The molecule has 0 aliphatic carbocycles. The molecule has 1 N–H and O–H groups in total. The van der Waals surface area contributed by atoms with Gasteiger partial charge in [-0.3, -0.25) is 4.72 Å². The third kappa shape index (κ3) is 5.17. The third-order valence-corrected chi connectivity index (χ3v) is 7.37. The zero-order valence-electron chi connectivity index (χ0n) is 19.5. The fourth-order valence-electron chi connectivity index (χ4n) is 3.63. The quantitative estimate of drug-likeness (QED) is 0.295. The minimum absolute atomic E-state index is 0.111. The van der Waals surface area contributed by atoms with Gasteiger partial charge in [0.1, 0.15) is 5.69 Å². The van der Waals surface area contributed by atoms with E-state index in [-0.39, 0.29) is 4.90 Å². The molecule has 0 saturated heterocycles. The molecule has 2 heterocycles. The Labute approximate surface area is 213 Å². The van der Waals surface area contributed by atoms with Crippen LogP contribution in [0.4, 0.5) is 5.69 Å². The molecule has 0 aliphatic heterocycles. The first-order valence-corrected chi connectivity index (χ1v) is 12.9. The Morgan fingerprint density at radius 2 is 1.83 bits per heavy atom. The molecule has 2 aromatic heterocycles. The Balaban J connectivity index is 1.26. The highest BCUT2D eigenvalue weighted by atomic mass is 35.5. The number of aromatic nitrogens is 4. The Morgan fingerprint density at radius 1 is 1.03 bits per heavy atom. The van der Waals surface area contributed by atoms with Gasteiger partial charge in [-0.05, 0) is 55.3 Å². The molecule has 0 spiro atoms.